The molecule has 0 spiro atoms. The van der Waals surface area contributed by atoms with Crippen molar-refractivity contribution in [3.8, 4) is 0 Å². The molecule has 0 atom stereocenters. The monoisotopic (exact) mass is 324 g/mol. The van der Waals surface area contributed by atoms with Crippen molar-refractivity contribution in [3.63, 3.8) is 0 Å². The summed E-state index contributed by atoms with van der Waals surface area (Å²) in [6.45, 7) is 13.8. The molecule has 122 valence electrons. The maximum absolute atomic E-state index is 6.76. The van der Waals surface area contributed by atoms with E-state index in [1.54, 1.807) is 0 Å². The minimum absolute atomic E-state index is 0.0315. The Bertz CT molecular complexity index is 586. The first-order valence-electron chi connectivity index (χ1n) is 8.33. The molecule has 0 heterocycles. The molecule has 0 radical (unpaired) electrons. The molecule has 0 N–H and O–H groups in total. The fourth-order valence-corrected chi connectivity index (χ4v) is 7.65. The van der Waals surface area contributed by atoms with Gasteiger partial charge in [-0.3, -0.25) is 0 Å². The summed E-state index contributed by atoms with van der Waals surface area (Å²) in [4.78, 5) is 0. The predicted molar refractivity (Wildman–Crippen MR) is 103 cm³/mol. The Labute approximate surface area is 142 Å². The SMILES string of the molecule is C=C(CC)CO[Si](c1ccccc1)(c1ccccc1)C(C)(C)C. The van der Waals surface area contributed by atoms with Crippen LogP contribution in [0.1, 0.15) is 34.1 Å². The lowest BCUT2D eigenvalue weighted by molar-refractivity contribution is 0.327. The van der Waals surface area contributed by atoms with Crippen molar-refractivity contribution in [1.82, 2.24) is 0 Å². The minimum atomic E-state index is -2.39. The third-order valence-corrected chi connectivity index (χ3v) is 9.39. The first-order valence-corrected chi connectivity index (χ1v) is 10.2. The Morgan fingerprint density at radius 1 is 0.913 bits per heavy atom. The van der Waals surface area contributed by atoms with Crippen molar-refractivity contribution in [1.29, 1.82) is 0 Å². The summed E-state index contributed by atoms with van der Waals surface area (Å²) in [5, 5.41) is 2.68. The van der Waals surface area contributed by atoms with E-state index >= 15 is 0 Å². The molecule has 0 amide bonds. The molecule has 2 aromatic carbocycles. The highest BCUT2D eigenvalue weighted by Gasteiger charge is 2.50. The van der Waals surface area contributed by atoms with Crippen LogP contribution >= 0.6 is 0 Å². The van der Waals surface area contributed by atoms with Gasteiger partial charge in [-0.2, -0.15) is 0 Å². The fraction of sp³-hybridized carbons (Fsp3) is 0.333. The molecule has 2 heteroatoms. The van der Waals surface area contributed by atoms with Gasteiger partial charge >= 0.3 is 0 Å². The van der Waals surface area contributed by atoms with Crippen molar-refractivity contribution < 1.29 is 4.43 Å². The van der Waals surface area contributed by atoms with Gasteiger partial charge in [-0.05, 0) is 21.8 Å². The largest absolute Gasteiger partial charge is 0.403 e. The lowest BCUT2D eigenvalue weighted by Gasteiger charge is -2.43. The second-order valence-corrected chi connectivity index (χ2v) is 11.4. The molecule has 0 saturated carbocycles. The van der Waals surface area contributed by atoms with Crippen LogP contribution in [0.3, 0.4) is 0 Å². The first kappa shape index (κ1) is 17.7. The van der Waals surface area contributed by atoms with Crippen molar-refractivity contribution in [2.45, 2.75) is 39.2 Å². The van der Waals surface area contributed by atoms with Gasteiger partial charge in [-0.25, -0.2) is 0 Å². The van der Waals surface area contributed by atoms with Gasteiger partial charge in [0.15, 0.2) is 0 Å². The van der Waals surface area contributed by atoms with Crippen LogP contribution in [-0.4, -0.2) is 14.9 Å². The number of hydrogen-bond acceptors (Lipinski definition) is 1. The smallest absolute Gasteiger partial charge is 0.261 e. The lowest BCUT2D eigenvalue weighted by Crippen LogP contribution is -2.66. The lowest BCUT2D eigenvalue weighted by atomic mass is 10.2. The zero-order valence-corrected chi connectivity index (χ0v) is 15.8. The van der Waals surface area contributed by atoms with E-state index in [2.05, 4.69) is 94.9 Å². The van der Waals surface area contributed by atoms with Gasteiger partial charge in [0.1, 0.15) is 0 Å². The highest BCUT2D eigenvalue weighted by molar-refractivity contribution is 6.99. The second kappa shape index (κ2) is 7.29. The molecule has 0 aromatic heterocycles. The van der Waals surface area contributed by atoms with Crippen LogP contribution in [0.5, 0.6) is 0 Å². The van der Waals surface area contributed by atoms with Crippen molar-refractivity contribution in [2.75, 3.05) is 6.61 Å². The highest BCUT2D eigenvalue weighted by atomic mass is 28.4. The molecule has 0 aliphatic rings. The quantitative estimate of drug-likeness (QED) is 0.560. The minimum Gasteiger partial charge on any atom is -0.403 e. The van der Waals surface area contributed by atoms with Crippen LogP contribution in [-0.2, 0) is 4.43 Å². The Morgan fingerprint density at radius 3 is 1.70 bits per heavy atom. The normalized spacial score (nSPS) is 12.2. The van der Waals surface area contributed by atoms with Gasteiger partial charge in [0.05, 0.1) is 6.61 Å². The van der Waals surface area contributed by atoms with E-state index in [1.165, 1.54) is 10.4 Å². The Hall–Kier alpha value is -1.64. The molecule has 0 aliphatic carbocycles. The Morgan fingerprint density at radius 2 is 1.35 bits per heavy atom. The molecule has 0 aliphatic heterocycles. The summed E-state index contributed by atoms with van der Waals surface area (Å²) < 4.78 is 6.76. The van der Waals surface area contributed by atoms with Crippen LogP contribution in [0.2, 0.25) is 5.04 Å². The topological polar surface area (TPSA) is 9.23 Å². The van der Waals surface area contributed by atoms with Crippen LogP contribution in [0, 0.1) is 0 Å². The summed E-state index contributed by atoms with van der Waals surface area (Å²) in [5.74, 6) is 0. The zero-order chi connectivity index (χ0) is 16.9. The van der Waals surface area contributed by atoms with Gasteiger partial charge in [-0.1, -0.05) is 101 Å². The Kier molecular flexibility index (Phi) is 5.61. The standard InChI is InChI=1S/C21H28OSi/c1-6-18(2)17-22-23(21(3,4)5,19-13-9-7-10-14-19)20-15-11-8-12-16-20/h7-16H,2,6,17H2,1,3-5H3. The molecule has 2 aromatic rings. The predicted octanol–water partition coefficient (Wildman–Crippen LogP) is 4.53. The molecule has 1 nitrogen and oxygen atoms in total. The summed E-state index contributed by atoms with van der Waals surface area (Å²) >= 11 is 0. The first-order chi connectivity index (χ1) is 10.9. The van der Waals surface area contributed by atoms with Gasteiger partial charge in [0.25, 0.3) is 8.32 Å². The molecular formula is C21H28OSi. The van der Waals surface area contributed by atoms with E-state index in [0.29, 0.717) is 6.61 Å². The van der Waals surface area contributed by atoms with Crippen molar-refractivity contribution >= 4 is 18.7 Å². The van der Waals surface area contributed by atoms with E-state index in [1.807, 2.05) is 0 Å². The summed E-state index contributed by atoms with van der Waals surface area (Å²) in [7, 11) is -2.39. The highest BCUT2D eigenvalue weighted by Crippen LogP contribution is 2.36. The van der Waals surface area contributed by atoms with Gasteiger partial charge in [0, 0.05) is 0 Å². The summed E-state index contributed by atoms with van der Waals surface area (Å²) in [6, 6.07) is 21.5. The van der Waals surface area contributed by atoms with E-state index in [4.69, 9.17) is 4.43 Å². The third kappa shape index (κ3) is 3.65. The molecular weight excluding hydrogens is 296 g/mol. The zero-order valence-electron chi connectivity index (χ0n) is 14.8. The molecule has 0 saturated heterocycles. The van der Waals surface area contributed by atoms with Crippen molar-refractivity contribution in [3.05, 3.63) is 72.8 Å². The van der Waals surface area contributed by atoms with Crippen LogP contribution in [0.15, 0.2) is 72.8 Å². The van der Waals surface area contributed by atoms with Crippen molar-refractivity contribution in [2.24, 2.45) is 0 Å². The van der Waals surface area contributed by atoms with Gasteiger partial charge in [-0.15, -0.1) is 0 Å². The second-order valence-electron chi connectivity index (χ2n) is 7.06. The molecule has 0 unspecified atom stereocenters. The summed E-state index contributed by atoms with van der Waals surface area (Å²) in [5.41, 5.74) is 1.15. The molecule has 0 fully saturated rings. The summed E-state index contributed by atoms with van der Waals surface area (Å²) in [6.07, 6.45) is 0.957. The van der Waals surface area contributed by atoms with Gasteiger partial charge in [0.2, 0.25) is 0 Å². The maximum atomic E-state index is 6.76. The third-order valence-electron chi connectivity index (χ3n) is 4.41. The van der Waals surface area contributed by atoms with Gasteiger partial charge < -0.3 is 4.43 Å². The van der Waals surface area contributed by atoms with E-state index < -0.39 is 8.32 Å². The van der Waals surface area contributed by atoms with Crippen LogP contribution in [0.4, 0.5) is 0 Å². The van der Waals surface area contributed by atoms with Crippen LogP contribution < -0.4 is 10.4 Å². The maximum Gasteiger partial charge on any atom is 0.261 e. The molecule has 2 rings (SSSR count). The Balaban J connectivity index is 2.62. The molecule has 0 bridgehead atoms. The van der Waals surface area contributed by atoms with Crippen LogP contribution in [0.25, 0.3) is 0 Å². The number of rotatable bonds is 6. The van der Waals surface area contributed by atoms with E-state index in [9.17, 15) is 0 Å². The van der Waals surface area contributed by atoms with E-state index in [0.717, 1.165) is 12.0 Å². The number of hydrogen-bond donors (Lipinski definition) is 0. The average molecular weight is 325 g/mol. The average Bonchev–Trinajstić information content (AvgIpc) is 2.56. The number of benzene rings is 2. The van der Waals surface area contributed by atoms with E-state index in [-0.39, 0.29) is 5.04 Å². The fourth-order valence-electron chi connectivity index (χ4n) is 3.07. The molecule has 23 heavy (non-hydrogen) atoms.